The average Bonchev–Trinajstić information content (AvgIpc) is 2.88. The lowest BCUT2D eigenvalue weighted by atomic mass is 10.0. The van der Waals surface area contributed by atoms with Crippen LogP contribution in [0.2, 0.25) is 0 Å². The Morgan fingerprint density at radius 3 is 2.32 bits per heavy atom. The van der Waals surface area contributed by atoms with E-state index in [9.17, 15) is 13.2 Å². The van der Waals surface area contributed by atoms with Gasteiger partial charge in [-0.2, -0.15) is 4.31 Å². The van der Waals surface area contributed by atoms with Gasteiger partial charge in [0, 0.05) is 7.05 Å². The Morgan fingerprint density at radius 1 is 1.21 bits per heavy atom. The fourth-order valence-electron chi connectivity index (χ4n) is 2.65. The third-order valence-corrected chi connectivity index (χ3v) is 5.82. The summed E-state index contributed by atoms with van der Waals surface area (Å²) in [4.78, 5) is 11.4. The van der Waals surface area contributed by atoms with Crippen molar-refractivity contribution < 1.29 is 13.2 Å². The Kier molecular flexibility index (Phi) is 4.06. The number of likely N-dealkylation sites (N-methyl/N-ethyl adjacent to an activating group) is 1. The highest BCUT2D eigenvalue weighted by atomic mass is 32.2. The molecule has 4 nitrogen and oxygen atoms in total. The van der Waals surface area contributed by atoms with Gasteiger partial charge in [0.2, 0.25) is 10.0 Å². The molecule has 1 aromatic rings. The van der Waals surface area contributed by atoms with E-state index in [-0.39, 0.29) is 5.75 Å². The lowest BCUT2D eigenvalue weighted by Crippen LogP contribution is -2.49. The van der Waals surface area contributed by atoms with Crippen molar-refractivity contribution in [3.8, 4) is 0 Å². The lowest BCUT2D eigenvalue weighted by Gasteiger charge is -2.32. The number of aldehydes is 1. The van der Waals surface area contributed by atoms with Gasteiger partial charge >= 0.3 is 0 Å². The Morgan fingerprint density at radius 2 is 1.79 bits per heavy atom. The van der Waals surface area contributed by atoms with E-state index >= 15 is 0 Å². The molecule has 0 amide bonds. The molecule has 0 N–H and O–H groups in total. The Hall–Kier alpha value is -1.20. The van der Waals surface area contributed by atoms with Gasteiger partial charge < -0.3 is 4.79 Å². The van der Waals surface area contributed by atoms with Gasteiger partial charge in [0.15, 0.2) is 0 Å². The van der Waals surface area contributed by atoms with Crippen molar-refractivity contribution in [2.75, 3.05) is 7.05 Å². The van der Waals surface area contributed by atoms with Gasteiger partial charge in [-0.05, 0) is 18.4 Å². The zero-order valence-electron chi connectivity index (χ0n) is 11.1. The van der Waals surface area contributed by atoms with Gasteiger partial charge in [-0.3, -0.25) is 0 Å². The van der Waals surface area contributed by atoms with Crippen molar-refractivity contribution in [2.45, 2.75) is 37.0 Å². The Balaban J connectivity index is 2.22. The molecule has 0 unspecified atom stereocenters. The van der Waals surface area contributed by atoms with Crippen molar-refractivity contribution in [3.05, 3.63) is 35.9 Å². The first-order chi connectivity index (χ1) is 9.00. The molecule has 0 aromatic heterocycles. The topological polar surface area (TPSA) is 54.5 Å². The summed E-state index contributed by atoms with van der Waals surface area (Å²) in [5.41, 5.74) is -0.0819. The van der Waals surface area contributed by atoms with Crippen molar-refractivity contribution in [2.24, 2.45) is 0 Å². The predicted octanol–water partition coefficient (Wildman–Crippen LogP) is 1.96. The van der Waals surface area contributed by atoms with Crippen LogP contribution in [0.5, 0.6) is 0 Å². The standard InChI is InChI=1S/C14H19NO3S/c1-15(14(12-16)9-5-6-10-14)19(17,18)11-13-7-3-2-4-8-13/h2-4,7-8,12H,5-6,9-11H2,1H3. The molecular weight excluding hydrogens is 262 g/mol. The van der Waals surface area contributed by atoms with Gasteiger partial charge in [-0.1, -0.05) is 43.2 Å². The minimum Gasteiger partial charge on any atom is -0.301 e. The molecule has 1 saturated carbocycles. The third-order valence-electron chi connectivity index (χ3n) is 3.93. The van der Waals surface area contributed by atoms with Crippen molar-refractivity contribution in [1.29, 1.82) is 0 Å². The van der Waals surface area contributed by atoms with Crippen LogP contribution in [0.25, 0.3) is 0 Å². The molecule has 1 fully saturated rings. The maximum Gasteiger partial charge on any atom is 0.218 e. The second-order valence-electron chi connectivity index (χ2n) is 5.14. The first-order valence-electron chi connectivity index (χ1n) is 6.47. The minimum absolute atomic E-state index is 0.0556. The lowest BCUT2D eigenvalue weighted by molar-refractivity contribution is -0.115. The molecule has 104 valence electrons. The van der Waals surface area contributed by atoms with Crippen molar-refractivity contribution >= 4 is 16.3 Å². The largest absolute Gasteiger partial charge is 0.301 e. The van der Waals surface area contributed by atoms with E-state index in [1.807, 2.05) is 18.2 Å². The van der Waals surface area contributed by atoms with E-state index < -0.39 is 15.6 Å². The number of rotatable bonds is 5. The highest BCUT2D eigenvalue weighted by Gasteiger charge is 2.43. The van der Waals surface area contributed by atoms with Crippen LogP contribution in [0.3, 0.4) is 0 Å². The molecule has 0 atom stereocenters. The summed E-state index contributed by atoms with van der Waals surface area (Å²) in [5, 5.41) is 0. The molecule has 1 aliphatic carbocycles. The number of hydrogen-bond donors (Lipinski definition) is 0. The van der Waals surface area contributed by atoms with Gasteiger partial charge in [0.1, 0.15) is 6.29 Å². The van der Waals surface area contributed by atoms with E-state index in [1.54, 1.807) is 12.1 Å². The number of carbonyl (C=O) groups is 1. The molecule has 0 saturated heterocycles. The molecule has 0 aliphatic heterocycles. The van der Waals surface area contributed by atoms with E-state index in [2.05, 4.69) is 0 Å². The molecule has 5 heteroatoms. The zero-order chi connectivity index (χ0) is 13.9. The molecule has 2 rings (SSSR count). The van der Waals surface area contributed by atoms with E-state index in [4.69, 9.17) is 0 Å². The summed E-state index contributed by atoms with van der Waals surface area (Å²) in [6, 6.07) is 9.05. The van der Waals surface area contributed by atoms with Gasteiger partial charge in [-0.15, -0.1) is 0 Å². The van der Waals surface area contributed by atoms with Crippen LogP contribution in [0.4, 0.5) is 0 Å². The fraction of sp³-hybridized carbons (Fsp3) is 0.500. The summed E-state index contributed by atoms with van der Waals surface area (Å²) < 4.78 is 26.1. The summed E-state index contributed by atoms with van der Waals surface area (Å²) in [5.74, 6) is -0.0556. The maximum atomic E-state index is 12.4. The Bertz CT molecular complexity index is 533. The van der Waals surface area contributed by atoms with Crippen LogP contribution in [0.15, 0.2) is 30.3 Å². The number of benzene rings is 1. The van der Waals surface area contributed by atoms with Crippen molar-refractivity contribution in [1.82, 2.24) is 4.31 Å². The molecule has 1 aromatic carbocycles. The van der Waals surface area contributed by atoms with Crippen LogP contribution in [-0.2, 0) is 20.6 Å². The SMILES string of the molecule is CN(C1(C=O)CCCC1)S(=O)(=O)Cc1ccccc1. The molecule has 0 radical (unpaired) electrons. The highest BCUT2D eigenvalue weighted by molar-refractivity contribution is 7.88. The maximum absolute atomic E-state index is 12.4. The molecule has 0 heterocycles. The normalized spacial score (nSPS) is 18.6. The number of carbonyl (C=O) groups excluding carboxylic acids is 1. The van der Waals surface area contributed by atoms with Crippen LogP contribution >= 0.6 is 0 Å². The number of nitrogens with zero attached hydrogens (tertiary/aromatic N) is 1. The van der Waals surface area contributed by atoms with Gasteiger partial charge in [-0.25, -0.2) is 8.42 Å². The molecule has 0 spiro atoms. The Labute approximate surface area is 114 Å². The van der Waals surface area contributed by atoms with Gasteiger partial charge in [0.25, 0.3) is 0 Å². The van der Waals surface area contributed by atoms with Crippen LogP contribution < -0.4 is 0 Å². The smallest absolute Gasteiger partial charge is 0.218 e. The zero-order valence-corrected chi connectivity index (χ0v) is 11.9. The van der Waals surface area contributed by atoms with Gasteiger partial charge in [0.05, 0.1) is 11.3 Å². The third kappa shape index (κ3) is 2.87. The molecule has 19 heavy (non-hydrogen) atoms. The monoisotopic (exact) mass is 281 g/mol. The molecule has 1 aliphatic rings. The number of hydrogen-bond acceptors (Lipinski definition) is 3. The minimum atomic E-state index is -3.47. The first kappa shape index (κ1) is 14.2. The summed E-state index contributed by atoms with van der Waals surface area (Å²) in [7, 11) is -1.94. The summed E-state index contributed by atoms with van der Waals surface area (Å²) in [6.07, 6.45) is 3.87. The average molecular weight is 281 g/mol. The van der Waals surface area contributed by atoms with E-state index in [0.29, 0.717) is 12.8 Å². The van der Waals surface area contributed by atoms with E-state index in [1.165, 1.54) is 11.4 Å². The summed E-state index contributed by atoms with van der Waals surface area (Å²) >= 11 is 0. The molecular formula is C14H19NO3S. The highest BCUT2D eigenvalue weighted by Crippen LogP contribution is 2.35. The number of sulfonamides is 1. The first-order valence-corrected chi connectivity index (χ1v) is 8.08. The summed E-state index contributed by atoms with van der Waals surface area (Å²) in [6.45, 7) is 0. The predicted molar refractivity (Wildman–Crippen MR) is 74.1 cm³/mol. The second kappa shape index (κ2) is 5.43. The van der Waals surface area contributed by atoms with Crippen LogP contribution in [-0.4, -0.2) is 31.6 Å². The second-order valence-corrected chi connectivity index (χ2v) is 7.14. The van der Waals surface area contributed by atoms with E-state index in [0.717, 1.165) is 24.7 Å². The van der Waals surface area contributed by atoms with Crippen LogP contribution in [0, 0.1) is 0 Å². The molecule has 0 bridgehead atoms. The van der Waals surface area contributed by atoms with Crippen LogP contribution in [0.1, 0.15) is 31.2 Å². The fourth-order valence-corrected chi connectivity index (χ4v) is 4.24. The quantitative estimate of drug-likeness (QED) is 0.775. The van der Waals surface area contributed by atoms with Crippen molar-refractivity contribution in [3.63, 3.8) is 0 Å².